The fraction of sp³-hybridized carbons (Fsp3) is 0.421. The smallest absolute Gasteiger partial charge is 0.348 e. The molecule has 26 heavy (non-hydrogen) atoms. The summed E-state index contributed by atoms with van der Waals surface area (Å²) in [5.41, 5.74) is 7.06. The second kappa shape index (κ2) is 6.48. The summed E-state index contributed by atoms with van der Waals surface area (Å²) in [6.07, 6.45) is 5.65. The van der Waals surface area contributed by atoms with E-state index < -0.39 is 11.6 Å². The van der Waals surface area contributed by atoms with Crippen LogP contribution in [0.4, 0.5) is 11.8 Å². The molecule has 2 heterocycles. The van der Waals surface area contributed by atoms with Crippen molar-refractivity contribution in [3.8, 4) is 5.75 Å². The van der Waals surface area contributed by atoms with Crippen LogP contribution in [0.3, 0.4) is 0 Å². The van der Waals surface area contributed by atoms with Crippen LogP contribution in [0.5, 0.6) is 5.75 Å². The average molecular weight is 354 g/mol. The summed E-state index contributed by atoms with van der Waals surface area (Å²) in [5, 5.41) is 9.86. The van der Waals surface area contributed by atoms with E-state index in [1.54, 1.807) is 12.3 Å². The summed E-state index contributed by atoms with van der Waals surface area (Å²) in [7, 11) is 0. The van der Waals surface area contributed by atoms with E-state index in [4.69, 9.17) is 10.5 Å². The third kappa shape index (κ3) is 3.05. The van der Waals surface area contributed by atoms with Crippen LogP contribution >= 0.6 is 0 Å². The number of carbonyl (C=O) groups is 1. The van der Waals surface area contributed by atoms with Gasteiger partial charge in [-0.05, 0) is 48.6 Å². The van der Waals surface area contributed by atoms with Gasteiger partial charge in [0.2, 0.25) is 11.5 Å². The Morgan fingerprint density at radius 2 is 1.96 bits per heavy atom. The molecule has 136 valence electrons. The van der Waals surface area contributed by atoms with Crippen molar-refractivity contribution < 1.29 is 14.6 Å². The predicted octanol–water partition coefficient (Wildman–Crippen LogP) is 2.05. The lowest BCUT2D eigenvalue weighted by molar-refractivity contribution is -0.157. The summed E-state index contributed by atoms with van der Waals surface area (Å²) in [6, 6.07) is 7.74. The SMILES string of the molecule is Nc1nccc(N2CCC(Oc3ccc4c(c3)CCC4)(C(=O)O)CC2)n1. The van der Waals surface area contributed by atoms with Gasteiger partial charge in [-0.15, -0.1) is 0 Å². The Morgan fingerprint density at radius 1 is 1.19 bits per heavy atom. The molecule has 1 fully saturated rings. The van der Waals surface area contributed by atoms with Crippen molar-refractivity contribution in [2.24, 2.45) is 0 Å². The van der Waals surface area contributed by atoms with Crippen molar-refractivity contribution in [3.05, 3.63) is 41.6 Å². The van der Waals surface area contributed by atoms with Gasteiger partial charge in [0.1, 0.15) is 11.6 Å². The lowest BCUT2D eigenvalue weighted by Gasteiger charge is -2.39. The number of aryl methyl sites for hydroxylation is 2. The molecule has 0 bridgehead atoms. The number of carboxylic acid groups (broad SMARTS) is 1. The molecule has 0 radical (unpaired) electrons. The number of hydrogen-bond donors (Lipinski definition) is 2. The molecular weight excluding hydrogens is 332 g/mol. The highest BCUT2D eigenvalue weighted by Gasteiger charge is 2.44. The zero-order valence-corrected chi connectivity index (χ0v) is 14.5. The minimum absolute atomic E-state index is 0.215. The van der Waals surface area contributed by atoms with E-state index in [1.807, 2.05) is 17.0 Å². The molecule has 1 saturated heterocycles. The largest absolute Gasteiger partial charge is 0.478 e. The molecule has 3 N–H and O–H groups in total. The van der Waals surface area contributed by atoms with Crippen molar-refractivity contribution in [3.63, 3.8) is 0 Å². The van der Waals surface area contributed by atoms with Gasteiger partial charge in [0.25, 0.3) is 0 Å². The molecule has 7 nitrogen and oxygen atoms in total. The number of aromatic nitrogens is 2. The number of benzene rings is 1. The zero-order valence-electron chi connectivity index (χ0n) is 14.5. The number of ether oxygens (including phenoxy) is 1. The molecule has 0 unspecified atom stereocenters. The van der Waals surface area contributed by atoms with Crippen LogP contribution in [0.25, 0.3) is 0 Å². The Hall–Kier alpha value is -2.83. The normalized spacial score (nSPS) is 18.4. The molecule has 1 aromatic carbocycles. The second-order valence-electron chi connectivity index (χ2n) is 6.95. The summed E-state index contributed by atoms with van der Waals surface area (Å²) in [6.45, 7) is 1.07. The maximum Gasteiger partial charge on any atom is 0.348 e. The number of nitrogens with two attached hydrogens (primary N) is 1. The summed E-state index contributed by atoms with van der Waals surface area (Å²) in [4.78, 5) is 22.2. The monoisotopic (exact) mass is 354 g/mol. The average Bonchev–Trinajstić information content (AvgIpc) is 3.10. The molecule has 7 heteroatoms. The minimum atomic E-state index is -1.21. The van der Waals surface area contributed by atoms with E-state index >= 15 is 0 Å². The molecule has 1 aliphatic heterocycles. The van der Waals surface area contributed by atoms with Crippen molar-refractivity contribution in [2.75, 3.05) is 23.7 Å². The van der Waals surface area contributed by atoms with Crippen molar-refractivity contribution in [1.82, 2.24) is 9.97 Å². The number of aliphatic carboxylic acids is 1. The van der Waals surface area contributed by atoms with Gasteiger partial charge in [0.05, 0.1) is 0 Å². The Bertz CT molecular complexity index is 831. The highest BCUT2D eigenvalue weighted by molar-refractivity contribution is 5.78. The zero-order chi connectivity index (χ0) is 18.1. The van der Waals surface area contributed by atoms with Crippen LogP contribution in [0.1, 0.15) is 30.4 Å². The van der Waals surface area contributed by atoms with Gasteiger partial charge in [-0.2, -0.15) is 4.98 Å². The summed E-state index contributed by atoms with van der Waals surface area (Å²) in [5.74, 6) is 0.661. The fourth-order valence-corrected chi connectivity index (χ4v) is 3.83. The maximum atomic E-state index is 12.0. The van der Waals surface area contributed by atoms with Crippen molar-refractivity contribution in [1.29, 1.82) is 0 Å². The predicted molar refractivity (Wildman–Crippen MR) is 97.4 cm³/mol. The minimum Gasteiger partial charge on any atom is -0.478 e. The molecule has 2 aliphatic rings. The Kier molecular flexibility index (Phi) is 4.14. The van der Waals surface area contributed by atoms with Gasteiger partial charge in [0.15, 0.2) is 0 Å². The molecule has 0 amide bonds. The van der Waals surface area contributed by atoms with Gasteiger partial charge in [-0.1, -0.05) is 6.07 Å². The highest BCUT2D eigenvalue weighted by Crippen LogP contribution is 2.33. The fourth-order valence-electron chi connectivity index (χ4n) is 3.83. The van der Waals surface area contributed by atoms with Crippen LogP contribution < -0.4 is 15.4 Å². The van der Waals surface area contributed by atoms with E-state index in [2.05, 4.69) is 16.0 Å². The molecule has 4 rings (SSSR count). The van der Waals surface area contributed by atoms with E-state index in [0.717, 1.165) is 19.3 Å². The molecular formula is C19H22N4O3. The quantitative estimate of drug-likeness (QED) is 0.866. The standard InChI is InChI=1S/C19H22N4O3/c20-18-21-9-6-16(22-18)23-10-7-19(8-11-23,17(24)25)26-15-5-4-13-2-1-3-14(13)12-15/h4-6,9,12H,1-3,7-8,10-11H2,(H,24,25)(H2,20,21,22). The maximum absolute atomic E-state index is 12.0. The molecule has 1 aromatic heterocycles. The summed E-state index contributed by atoms with van der Waals surface area (Å²) >= 11 is 0. The second-order valence-corrected chi connectivity index (χ2v) is 6.95. The van der Waals surface area contributed by atoms with Gasteiger partial charge in [0, 0.05) is 32.1 Å². The van der Waals surface area contributed by atoms with E-state index in [9.17, 15) is 9.90 Å². The van der Waals surface area contributed by atoms with Crippen LogP contribution in [0, 0.1) is 0 Å². The topological polar surface area (TPSA) is 102 Å². The van der Waals surface area contributed by atoms with Crippen molar-refractivity contribution in [2.45, 2.75) is 37.7 Å². The molecule has 0 spiro atoms. The molecule has 2 aromatic rings. The highest BCUT2D eigenvalue weighted by atomic mass is 16.5. The number of hydrogen-bond acceptors (Lipinski definition) is 6. The van der Waals surface area contributed by atoms with Gasteiger partial charge in [-0.3, -0.25) is 0 Å². The third-order valence-corrected chi connectivity index (χ3v) is 5.33. The van der Waals surface area contributed by atoms with Crippen LogP contribution in [0.15, 0.2) is 30.5 Å². The van der Waals surface area contributed by atoms with Crippen LogP contribution in [-0.2, 0) is 17.6 Å². The number of rotatable bonds is 4. The third-order valence-electron chi connectivity index (χ3n) is 5.33. The number of piperidine rings is 1. The Labute approximate surface area is 151 Å². The summed E-state index contributed by atoms with van der Waals surface area (Å²) < 4.78 is 6.05. The number of fused-ring (bicyclic) bond motifs is 1. The number of anilines is 2. The first-order chi connectivity index (χ1) is 12.6. The number of carboxylic acids is 1. The van der Waals surface area contributed by atoms with E-state index in [-0.39, 0.29) is 5.95 Å². The number of nitrogens with zero attached hydrogens (tertiary/aromatic N) is 3. The first-order valence-corrected chi connectivity index (χ1v) is 8.93. The van der Waals surface area contributed by atoms with Crippen molar-refractivity contribution >= 4 is 17.7 Å². The van der Waals surface area contributed by atoms with Gasteiger partial charge >= 0.3 is 5.97 Å². The first kappa shape index (κ1) is 16.6. The molecule has 0 saturated carbocycles. The van der Waals surface area contributed by atoms with E-state index in [1.165, 1.54) is 11.1 Å². The Balaban J connectivity index is 1.51. The van der Waals surface area contributed by atoms with E-state index in [0.29, 0.717) is 37.5 Å². The molecule has 1 aliphatic carbocycles. The molecule has 0 atom stereocenters. The Morgan fingerprint density at radius 3 is 2.69 bits per heavy atom. The lowest BCUT2D eigenvalue weighted by atomic mass is 9.91. The van der Waals surface area contributed by atoms with Gasteiger partial charge < -0.3 is 20.5 Å². The van der Waals surface area contributed by atoms with Crippen LogP contribution in [-0.4, -0.2) is 39.7 Å². The van der Waals surface area contributed by atoms with Crippen LogP contribution in [0.2, 0.25) is 0 Å². The number of nitrogen functional groups attached to an aromatic ring is 1. The lowest BCUT2D eigenvalue weighted by Crippen LogP contribution is -2.53. The first-order valence-electron chi connectivity index (χ1n) is 8.93. The van der Waals surface area contributed by atoms with Gasteiger partial charge in [-0.25, -0.2) is 9.78 Å².